The summed E-state index contributed by atoms with van der Waals surface area (Å²) in [7, 11) is 0. The van der Waals surface area contributed by atoms with Gasteiger partial charge in [0.25, 0.3) is 0 Å². The van der Waals surface area contributed by atoms with Gasteiger partial charge in [0.15, 0.2) is 0 Å². The molecule has 1 aromatic rings. The van der Waals surface area contributed by atoms with Crippen LogP contribution in [0.5, 0.6) is 0 Å². The van der Waals surface area contributed by atoms with Crippen LogP contribution >= 0.6 is 0 Å². The second-order valence-electron chi connectivity index (χ2n) is 6.50. The summed E-state index contributed by atoms with van der Waals surface area (Å²) in [5.74, 6) is -1.32. The standard InChI is InChI=1S/C17H23NO3/c1-12(13-8-5-4-6-9-13)15(19)18-11-7-10-17(2,3)14(18)16(20)21/h4-6,8-9,12,14H,7,10-11H2,1-3H3,(H,20,21). The van der Waals surface area contributed by atoms with E-state index in [1.807, 2.05) is 51.1 Å². The Bertz CT molecular complexity index is 524. The maximum Gasteiger partial charge on any atom is 0.326 e. The Balaban J connectivity index is 2.26. The molecule has 114 valence electrons. The predicted molar refractivity (Wildman–Crippen MR) is 81.0 cm³/mol. The maximum atomic E-state index is 12.8. The molecule has 1 saturated heterocycles. The third kappa shape index (κ3) is 3.09. The van der Waals surface area contributed by atoms with Gasteiger partial charge in [-0.15, -0.1) is 0 Å². The van der Waals surface area contributed by atoms with Gasteiger partial charge < -0.3 is 10.0 Å². The fourth-order valence-corrected chi connectivity index (χ4v) is 3.23. The van der Waals surface area contributed by atoms with E-state index in [4.69, 9.17) is 0 Å². The Labute approximate surface area is 125 Å². The molecule has 0 saturated carbocycles. The smallest absolute Gasteiger partial charge is 0.326 e. The number of amides is 1. The van der Waals surface area contributed by atoms with Crippen LogP contribution < -0.4 is 0 Å². The summed E-state index contributed by atoms with van der Waals surface area (Å²) in [5, 5.41) is 9.55. The maximum absolute atomic E-state index is 12.8. The molecule has 0 bridgehead atoms. The SMILES string of the molecule is CC(C(=O)N1CCCC(C)(C)C1C(=O)O)c1ccccc1. The Morgan fingerprint density at radius 1 is 1.29 bits per heavy atom. The van der Waals surface area contributed by atoms with Crippen molar-refractivity contribution < 1.29 is 14.7 Å². The first kappa shape index (κ1) is 15.5. The first-order valence-corrected chi connectivity index (χ1v) is 7.43. The quantitative estimate of drug-likeness (QED) is 0.931. The number of rotatable bonds is 3. The predicted octanol–water partition coefficient (Wildman–Crippen LogP) is 2.89. The van der Waals surface area contributed by atoms with Gasteiger partial charge in [-0.1, -0.05) is 44.2 Å². The van der Waals surface area contributed by atoms with Crippen molar-refractivity contribution in [3.63, 3.8) is 0 Å². The first-order chi connectivity index (χ1) is 9.84. The average molecular weight is 289 g/mol. The van der Waals surface area contributed by atoms with Crippen LogP contribution in [-0.4, -0.2) is 34.5 Å². The van der Waals surface area contributed by atoms with E-state index in [-0.39, 0.29) is 11.8 Å². The van der Waals surface area contributed by atoms with Crippen LogP contribution in [0, 0.1) is 5.41 Å². The highest BCUT2D eigenvalue weighted by atomic mass is 16.4. The van der Waals surface area contributed by atoms with Crippen LogP contribution in [0.25, 0.3) is 0 Å². The number of nitrogens with zero attached hydrogens (tertiary/aromatic N) is 1. The molecule has 1 aliphatic heterocycles. The molecule has 0 radical (unpaired) electrons. The van der Waals surface area contributed by atoms with Crippen molar-refractivity contribution in [3.8, 4) is 0 Å². The Kier molecular flexibility index (Phi) is 4.35. The van der Waals surface area contributed by atoms with E-state index in [9.17, 15) is 14.7 Å². The van der Waals surface area contributed by atoms with Crippen molar-refractivity contribution in [2.24, 2.45) is 5.41 Å². The summed E-state index contributed by atoms with van der Waals surface area (Å²) in [6, 6.07) is 8.78. The second-order valence-corrected chi connectivity index (χ2v) is 6.50. The molecule has 1 aromatic carbocycles. The first-order valence-electron chi connectivity index (χ1n) is 7.43. The van der Waals surface area contributed by atoms with Gasteiger partial charge in [-0.05, 0) is 30.7 Å². The Morgan fingerprint density at radius 3 is 2.48 bits per heavy atom. The number of hydrogen-bond donors (Lipinski definition) is 1. The van der Waals surface area contributed by atoms with E-state index in [0.29, 0.717) is 6.54 Å². The average Bonchev–Trinajstić information content (AvgIpc) is 2.45. The van der Waals surface area contributed by atoms with Gasteiger partial charge in [-0.2, -0.15) is 0 Å². The number of carbonyl (C=O) groups is 2. The molecule has 2 atom stereocenters. The second kappa shape index (κ2) is 5.88. The minimum absolute atomic E-state index is 0.0959. The molecule has 1 fully saturated rings. The van der Waals surface area contributed by atoms with Crippen molar-refractivity contribution in [1.29, 1.82) is 0 Å². The number of benzene rings is 1. The third-order valence-electron chi connectivity index (χ3n) is 4.46. The number of likely N-dealkylation sites (tertiary alicyclic amines) is 1. The zero-order valence-corrected chi connectivity index (χ0v) is 12.9. The normalized spacial score (nSPS) is 22.6. The van der Waals surface area contributed by atoms with E-state index in [0.717, 1.165) is 18.4 Å². The molecule has 0 aliphatic carbocycles. The van der Waals surface area contributed by atoms with Crippen LogP contribution in [0.1, 0.15) is 45.1 Å². The fraction of sp³-hybridized carbons (Fsp3) is 0.529. The van der Waals surface area contributed by atoms with Crippen LogP contribution in [0.3, 0.4) is 0 Å². The number of aliphatic carboxylic acids is 1. The Hall–Kier alpha value is -1.84. The molecule has 1 N–H and O–H groups in total. The molecule has 0 spiro atoms. The van der Waals surface area contributed by atoms with Gasteiger partial charge in [0, 0.05) is 6.54 Å². The van der Waals surface area contributed by atoms with Crippen LogP contribution in [0.15, 0.2) is 30.3 Å². The number of hydrogen-bond acceptors (Lipinski definition) is 2. The summed E-state index contributed by atoms with van der Waals surface area (Å²) in [4.78, 5) is 26.0. The highest BCUT2D eigenvalue weighted by Gasteiger charge is 2.45. The largest absolute Gasteiger partial charge is 0.480 e. The van der Waals surface area contributed by atoms with Gasteiger partial charge in [-0.3, -0.25) is 4.79 Å². The minimum Gasteiger partial charge on any atom is -0.480 e. The van der Waals surface area contributed by atoms with Crippen molar-refractivity contribution in [1.82, 2.24) is 4.90 Å². The summed E-state index contributed by atoms with van der Waals surface area (Å²) >= 11 is 0. The topological polar surface area (TPSA) is 57.6 Å². The van der Waals surface area contributed by atoms with Gasteiger partial charge in [0.05, 0.1) is 5.92 Å². The zero-order chi connectivity index (χ0) is 15.6. The lowest BCUT2D eigenvalue weighted by atomic mass is 9.76. The van der Waals surface area contributed by atoms with Crippen LogP contribution in [-0.2, 0) is 9.59 Å². The zero-order valence-electron chi connectivity index (χ0n) is 12.9. The molecule has 4 heteroatoms. The molecule has 4 nitrogen and oxygen atoms in total. The molecule has 1 heterocycles. The van der Waals surface area contributed by atoms with Gasteiger partial charge in [0.1, 0.15) is 6.04 Å². The lowest BCUT2D eigenvalue weighted by molar-refractivity contribution is -0.159. The molecular weight excluding hydrogens is 266 g/mol. The fourth-order valence-electron chi connectivity index (χ4n) is 3.23. The van der Waals surface area contributed by atoms with Gasteiger partial charge >= 0.3 is 5.97 Å². The summed E-state index contributed by atoms with van der Waals surface area (Å²) in [6.07, 6.45) is 1.68. The van der Waals surface area contributed by atoms with E-state index >= 15 is 0 Å². The molecule has 1 amide bonds. The molecule has 0 aromatic heterocycles. The number of carbonyl (C=O) groups excluding carboxylic acids is 1. The summed E-state index contributed by atoms with van der Waals surface area (Å²) in [6.45, 7) is 6.23. The van der Waals surface area contributed by atoms with E-state index in [1.54, 1.807) is 4.90 Å². The number of carboxylic acids is 1. The monoisotopic (exact) mass is 289 g/mol. The highest BCUT2D eigenvalue weighted by molar-refractivity contribution is 5.88. The Morgan fingerprint density at radius 2 is 1.90 bits per heavy atom. The summed E-state index contributed by atoms with van der Waals surface area (Å²) < 4.78 is 0. The highest BCUT2D eigenvalue weighted by Crippen LogP contribution is 2.36. The number of carboxylic acid groups (broad SMARTS) is 1. The van der Waals surface area contributed by atoms with Gasteiger partial charge in [0.2, 0.25) is 5.91 Å². The van der Waals surface area contributed by atoms with Crippen molar-refractivity contribution in [2.45, 2.75) is 45.6 Å². The van der Waals surface area contributed by atoms with E-state index in [2.05, 4.69) is 0 Å². The lowest BCUT2D eigenvalue weighted by Gasteiger charge is -2.44. The van der Waals surface area contributed by atoms with Crippen molar-refractivity contribution in [2.75, 3.05) is 6.54 Å². The third-order valence-corrected chi connectivity index (χ3v) is 4.46. The molecule has 21 heavy (non-hydrogen) atoms. The van der Waals surface area contributed by atoms with E-state index < -0.39 is 17.4 Å². The molecule has 1 aliphatic rings. The van der Waals surface area contributed by atoms with Crippen molar-refractivity contribution in [3.05, 3.63) is 35.9 Å². The van der Waals surface area contributed by atoms with Crippen LogP contribution in [0.4, 0.5) is 0 Å². The van der Waals surface area contributed by atoms with Crippen LogP contribution in [0.2, 0.25) is 0 Å². The van der Waals surface area contributed by atoms with E-state index in [1.165, 1.54) is 0 Å². The van der Waals surface area contributed by atoms with Gasteiger partial charge in [-0.25, -0.2) is 4.79 Å². The molecule has 2 rings (SSSR count). The molecule has 2 unspecified atom stereocenters. The number of piperidine rings is 1. The minimum atomic E-state index is -0.909. The lowest BCUT2D eigenvalue weighted by Crippen LogP contribution is -2.57. The summed E-state index contributed by atoms with van der Waals surface area (Å²) in [5.41, 5.74) is 0.533. The van der Waals surface area contributed by atoms with Crippen molar-refractivity contribution >= 4 is 11.9 Å². The molecular formula is C17H23NO3.